The molecule has 3 rings (SSSR count). The molecule has 0 radical (unpaired) electrons. The van der Waals surface area contributed by atoms with Crippen LogP contribution in [0.1, 0.15) is 53.9 Å². The number of nitrogens with zero attached hydrogens (tertiary/aromatic N) is 3. The van der Waals surface area contributed by atoms with Gasteiger partial charge in [0.2, 0.25) is 0 Å². The number of anilines is 1. The molecule has 2 heterocycles. The lowest BCUT2D eigenvalue weighted by Crippen LogP contribution is -2.23. The first-order valence-electron chi connectivity index (χ1n) is 11.0. The second-order valence-electron chi connectivity index (χ2n) is 8.44. The summed E-state index contributed by atoms with van der Waals surface area (Å²) in [6.07, 6.45) is 9.50. The number of pyridine rings is 1. The number of aliphatic imine (C=N–C) groups is 1. The topological polar surface area (TPSA) is 69.6 Å². The zero-order valence-corrected chi connectivity index (χ0v) is 19.8. The maximum absolute atomic E-state index is 12.6. The van der Waals surface area contributed by atoms with Gasteiger partial charge in [-0.3, -0.25) is 14.8 Å². The summed E-state index contributed by atoms with van der Waals surface area (Å²) in [6.45, 7) is 11.3. The average molecular weight is 432 g/mol. The molecule has 6 nitrogen and oxygen atoms in total. The summed E-state index contributed by atoms with van der Waals surface area (Å²) in [5.41, 5.74) is 6.61. The van der Waals surface area contributed by atoms with Gasteiger partial charge in [-0.05, 0) is 62.6 Å². The molecule has 0 saturated carbocycles. The molecule has 1 amide bonds. The van der Waals surface area contributed by atoms with Crippen LogP contribution in [0.15, 0.2) is 65.3 Å². The van der Waals surface area contributed by atoms with E-state index in [0.717, 1.165) is 40.3 Å². The largest absolute Gasteiger partial charge is 0.379 e. The molecule has 0 fully saturated rings. The lowest BCUT2D eigenvalue weighted by atomic mass is 10.00. The highest BCUT2D eigenvalue weighted by molar-refractivity contribution is 6.04. The molecular weight excluding hydrogens is 398 g/mol. The van der Waals surface area contributed by atoms with Crippen LogP contribution in [-0.2, 0) is 0 Å². The van der Waals surface area contributed by atoms with Gasteiger partial charge in [0.15, 0.2) is 0 Å². The minimum absolute atomic E-state index is 0.0567. The Labute approximate surface area is 191 Å². The Hall–Kier alpha value is -3.41. The van der Waals surface area contributed by atoms with Crippen LogP contribution in [-0.4, -0.2) is 35.6 Å². The van der Waals surface area contributed by atoms with Crippen molar-refractivity contribution >= 4 is 17.8 Å². The standard InChI is InChI=1S/C26H33N5O/c1-7-31(6)16-25-19(4)11-23(15-28-25)29-20(5)24-12-22(9-8-18(24)3)30-26(32)21-10-17(2)13-27-14-21/h8-16,19-20,29H,7H2,1-6H3,(H,30,32)/b25-16+/t19?,20-/m0/s1. The second-order valence-corrected chi connectivity index (χ2v) is 8.44. The summed E-state index contributed by atoms with van der Waals surface area (Å²) in [7, 11) is 2.05. The summed E-state index contributed by atoms with van der Waals surface area (Å²) in [6, 6.07) is 7.88. The third-order valence-corrected chi connectivity index (χ3v) is 5.62. The van der Waals surface area contributed by atoms with Crippen molar-refractivity contribution in [3.8, 4) is 0 Å². The molecule has 168 valence electrons. The van der Waals surface area contributed by atoms with Gasteiger partial charge < -0.3 is 15.5 Å². The van der Waals surface area contributed by atoms with Crippen molar-refractivity contribution in [2.75, 3.05) is 18.9 Å². The van der Waals surface area contributed by atoms with Crippen LogP contribution >= 0.6 is 0 Å². The third kappa shape index (κ3) is 5.84. The Kier molecular flexibility index (Phi) is 7.46. The Balaban J connectivity index is 1.71. The van der Waals surface area contributed by atoms with E-state index in [1.165, 1.54) is 0 Å². The van der Waals surface area contributed by atoms with Crippen molar-refractivity contribution in [3.63, 3.8) is 0 Å². The fourth-order valence-electron chi connectivity index (χ4n) is 3.61. The summed E-state index contributed by atoms with van der Waals surface area (Å²) >= 11 is 0. The second kappa shape index (κ2) is 10.3. The van der Waals surface area contributed by atoms with Gasteiger partial charge in [-0.15, -0.1) is 0 Å². The van der Waals surface area contributed by atoms with Crippen LogP contribution in [0.25, 0.3) is 0 Å². The van der Waals surface area contributed by atoms with E-state index in [1.807, 2.05) is 37.4 Å². The molecule has 0 saturated heterocycles. The SMILES string of the molecule is CCN(C)/C=C1/N=CC(N[C@@H](C)c2cc(NC(=O)c3cncc(C)c3)ccc2C)=CC1C. The molecule has 2 atom stereocenters. The van der Waals surface area contributed by atoms with Crippen LogP contribution in [0.5, 0.6) is 0 Å². The molecule has 6 heteroatoms. The molecule has 1 aliphatic rings. The van der Waals surface area contributed by atoms with E-state index in [2.05, 4.69) is 72.5 Å². The number of rotatable bonds is 7. The summed E-state index contributed by atoms with van der Waals surface area (Å²) in [5.74, 6) is 0.0716. The van der Waals surface area contributed by atoms with Gasteiger partial charge in [-0.25, -0.2) is 0 Å². The molecule has 2 aromatic rings. The minimum atomic E-state index is -0.163. The van der Waals surface area contributed by atoms with Gasteiger partial charge in [0.25, 0.3) is 5.91 Å². The van der Waals surface area contributed by atoms with Crippen molar-refractivity contribution in [2.24, 2.45) is 10.9 Å². The number of hydrogen-bond acceptors (Lipinski definition) is 5. The lowest BCUT2D eigenvalue weighted by molar-refractivity contribution is 0.102. The van der Waals surface area contributed by atoms with Crippen molar-refractivity contribution in [1.82, 2.24) is 15.2 Å². The van der Waals surface area contributed by atoms with E-state index in [-0.39, 0.29) is 17.9 Å². The van der Waals surface area contributed by atoms with Crippen molar-refractivity contribution in [2.45, 2.75) is 40.7 Å². The third-order valence-electron chi connectivity index (χ3n) is 5.62. The molecular formula is C26H33N5O. The zero-order valence-electron chi connectivity index (χ0n) is 19.8. The number of hydrogen-bond donors (Lipinski definition) is 2. The van der Waals surface area contributed by atoms with Crippen LogP contribution in [0, 0.1) is 19.8 Å². The maximum Gasteiger partial charge on any atom is 0.257 e. The van der Waals surface area contributed by atoms with E-state index < -0.39 is 0 Å². The van der Waals surface area contributed by atoms with E-state index in [4.69, 9.17) is 0 Å². The molecule has 0 spiro atoms. The van der Waals surface area contributed by atoms with Crippen molar-refractivity contribution in [3.05, 3.63) is 82.6 Å². The number of aryl methyl sites for hydroxylation is 2. The first-order valence-corrected chi connectivity index (χ1v) is 11.0. The van der Waals surface area contributed by atoms with E-state index >= 15 is 0 Å². The summed E-state index contributed by atoms with van der Waals surface area (Å²) in [4.78, 5) is 23.5. The normalized spacial score (nSPS) is 17.6. The fourth-order valence-corrected chi connectivity index (χ4v) is 3.61. The first-order chi connectivity index (χ1) is 15.3. The highest BCUT2D eigenvalue weighted by Crippen LogP contribution is 2.25. The molecule has 0 aliphatic carbocycles. The lowest BCUT2D eigenvalue weighted by Gasteiger charge is -2.23. The van der Waals surface area contributed by atoms with Gasteiger partial charge in [-0.2, -0.15) is 0 Å². The number of carbonyl (C=O) groups is 1. The van der Waals surface area contributed by atoms with Gasteiger partial charge in [-0.1, -0.05) is 19.1 Å². The summed E-state index contributed by atoms with van der Waals surface area (Å²) in [5, 5.41) is 6.55. The number of aromatic nitrogens is 1. The highest BCUT2D eigenvalue weighted by atomic mass is 16.1. The number of benzene rings is 1. The molecule has 32 heavy (non-hydrogen) atoms. The maximum atomic E-state index is 12.6. The fraction of sp³-hybridized carbons (Fsp3) is 0.346. The van der Waals surface area contributed by atoms with Crippen molar-refractivity contribution in [1.29, 1.82) is 0 Å². The van der Waals surface area contributed by atoms with Gasteiger partial charge in [0, 0.05) is 55.5 Å². The van der Waals surface area contributed by atoms with Crippen molar-refractivity contribution < 1.29 is 4.79 Å². The Bertz CT molecular complexity index is 1070. The van der Waals surface area contributed by atoms with E-state index in [0.29, 0.717) is 5.56 Å². The monoisotopic (exact) mass is 431 g/mol. The van der Waals surface area contributed by atoms with Crippen LogP contribution < -0.4 is 10.6 Å². The van der Waals surface area contributed by atoms with Crippen LogP contribution in [0.4, 0.5) is 5.69 Å². The number of allylic oxidation sites excluding steroid dienone is 2. The number of amides is 1. The quantitative estimate of drug-likeness (QED) is 0.647. The molecule has 1 aromatic heterocycles. The van der Waals surface area contributed by atoms with Gasteiger partial charge in [0.1, 0.15) is 0 Å². The molecule has 2 N–H and O–H groups in total. The van der Waals surface area contributed by atoms with Gasteiger partial charge in [0.05, 0.1) is 17.5 Å². The number of dihydropyridines is 1. The average Bonchev–Trinajstić information content (AvgIpc) is 2.76. The minimum Gasteiger partial charge on any atom is -0.379 e. The number of nitrogens with one attached hydrogen (secondary N) is 2. The predicted molar refractivity (Wildman–Crippen MR) is 132 cm³/mol. The summed E-state index contributed by atoms with van der Waals surface area (Å²) < 4.78 is 0. The molecule has 1 unspecified atom stereocenters. The molecule has 1 aliphatic heterocycles. The Morgan fingerprint density at radius 2 is 2.03 bits per heavy atom. The smallest absolute Gasteiger partial charge is 0.257 e. The predicted octanol–water partition coefficient (Wildman–Crippen LogP) is 5.00. The van der Waals surface area contributed by atoms with E-state index in [9.17, 15) is 4.79 Å². The van der Waals surface area contributed by atoms with Crippen LogP contribution in [0.3, 0.4) is 0 Å². The van der Waals surface area contributed by atoms with Gasteiger partial charge >= 0.3 is 0 Å². The molecule has 1 aromatic carbocycles. The van der Waals surface area contributed by atoms with E-state index in [1.54, 1.807) is 12.4 Å². The zero-order chi connectivity index (χ0) is 23.3. The Morgan fingerprint density at radius 1 is 1.25 bits per heavy atom. The highest BCUT2D eigenvalue weighted by Gasteiger charge is 2.16. The molecule has 0 bridgehead atoms. The number of carbonyl (C=O) groups excluding carboxylic acids is 1. The Morgan fingerprint density at radius 3 is 2.72 bits per heavy atom. The first kappa shape index (κ1) is 23.3. The van der Waals surface area contributed by atoms with Crippen LogP contribution in [0.2, 0.25) is 0 Å².